The fraction of sp³-hybridized carbons (Fsp3) is 0.625. The van der Waals surface area contributed by atoms with Crippen LogP contribution in [0.15, 0.2) is 24.5 Å². The van der Waals surface area contributed by atoms with Gasteiger partial charge in [0, 0.05) is 18.1 Å². The molecule has 0 unspecified atom stereocenters. The lowest BCUT2D eigenvalue weighted by atomic mass is 9.49. The monoisotopic (exact) mass is 256 g/mol. The molecule has 4 saturated carbocycles. The summed E-state index contributed by atoms with van der Waals surface area (Å²) in [6.45, 7) is 0. The molecular formula is C16H20N2O. The van der Waals surface area contributed by atoms with Crippen LogP contribution in [-0.4, -0.2) is 10.9 Å². The van der Waals surface area contributed by atoms with Gasteiger partial charge in [-0.2, -0.15) is 0 Å². The van der Waals surface area contributed by atoms with Crippen LogP contribution in [0.3, 0.4) is 0 Å². The van der Waals surface area contributed by atoms with Crippen LogP contribution >= 0.6 is 0 Å². The van der Waals surface area contributed by atoms with Crippen molar-refractivity contribution in [2.45, 2.75) is 38.5 Å². The molecule has 0 aromatic carbocycles. The molecule has 0 radical (unpaired) electrons. The van der Waals surface area contributed by atoms with E-state index >= 15 is 0 Å². The number of hydrogen-bond donors (Lipinski definition) is 1. The van der Waals surface area contributed by atoms with E-state index in [1.54, 1.807) is 12.4 Å². The lowest BCUT2D eigenvalue weighted by Crippen LogP contribution is -2.51. The van der Waals surface area contributed by atoms with Crippen LogP contribution < -0.4 is 5.32 Å². The third kappa shape index (κ3) is 1.87. The second-order valence-corrected chi connectivity index (χ2v) is 6.89. The van der Waals surface area contributed by atoms with Crippen molar-refractivity contribution in [1.29, 1.82) is 0 Å². The summed E-state index contributed by atoms with van der Waals surface area (Å²) in [5.41, 5.74) is 0.827. The number of carbonyl (C=O) groups is 1. The van der Waals surface area contributed by atoms with Gasteiger partial charge in [0.1, 0.15) is 0 Å². The topological polar surface area (TPSA) is 42.0 Å². The first kappa shape index (κ1) is 11.4. The zero-order valence-electron chi connectivity index (χ0n) is 11.1. The SMILES string of the molecule is O=C(Nc1ccncc1)C12CC3CC(CC(C3)C1)C2. The van der Waals surface area contributed by atoms with Gasteiger partial charge in [0.05, 0.1) is 5.41 Å². The van der Waals surface area contributed by atoms with Gasteiger partial charge in [-0.1, -0.05) is 0 Å². The highest BCUT2D eigenvalue weighted by molar-refractivity contribution is 5.95. The van der Waals surface area contributed by atoms with Crippen LogP contribution in [0.2, 0.25) is 0 Å². The van der Waals surface area contributed by atoms with Gasteiger partial charge < -0.3 is 5.32 Å². The Morgan fingerprint density at radius 2 is 1.58 bits per heavy atom. The fourth-order valence-electron chi connectivity index (χ4n) is 5.09. The Kier molecular flexibility index (Phi) is 2.44. The zero-order chi connectivity index (χ0) is 12.9. The molecular weight excluding hydrogens is 236 g/mol. The molecule has 3 heteroatoms. The van der Waals surface area contributed by atoms with E-state index in [-0.39, 0.29) is 11.3 Å². The second kappa shape index (κ2) is 4.06. The predicted molar refractivity (Wildman–Crippen MR) is 73.5 cm³/mol. The van der Waals surface area contributed by atoms with Crippen molar-refractivity contribution >= 4 is 11.6 Å². The lowest BCUT2D eigenvalue weighted by molar-refractivity contribution is -0.140. The normalized spacial score (nSPS) is 39.3. The molecule has 4 aliphatic rings. The van der Waals surface area contributed by atoms with E-state index in [1.807, 2.05) is 12.1 Å². The summed E-state index contributed by atoms with van der Waals surface area (Å²) in [6, 6.07) is 3.75. The molecule has 1 aromatic rings. The van der Waals surface area contributed by atoms with Crippen molar-refractivity contribution in [3.8, 4) is 0 Å². The van der Waals surface area contributed by atoms with Crippen LogP contribution in [0.5, 0.6) is 0 Å². The van der Waals surface area contributed by atoms with E-state index in [2.05, 4.69) is 10.3 Å². The number of nitrogens with zero attached hydrogens (tertiary/aromatic N) is 1. The summed E-state index contributed by atoms with van der Waals surface area (Å²) < 4.78 is 0. The highest BCUT2D eigenvalue weighted by atomic mass is 16.2. The van der Waals surface area contributed by atoms with Gasteiger partial charge in [0.2, 0.25) is 5.91 Å². The summed E-state index contributed by atoms with van der Waals surface area (Å²) in [5.74, 6) is 2.70. The minimum Gasteiger partial charge on any atom is -0.326 e. The number of nitrogens with one attached hydrogen (secondary N) is 1. The maximum absolute atomic E-state index is 12.7. The summed E-state index contributed by atoms with van der Waals surface area (Å²) in [6.07, 6.45) is 11.0. The number of pyridine rings is 1. The molecule has 0 atom stereocenters. The third-order valence-electron chi connectivity index (χ3n) is 5.46. The Bertz CT molecular complexity index is 461. The van der Waals surface area contributed by atoms with Crippen LogP contribution in [-0.2, 0) is 4.79 Å². The van der Waals surface area contributed by atoms with Crippen molar-refractivity contribution in [3.05, 3.63) is 24.5 Å². The molecule has 4 aliphatic carbocycles. The van der Waals surface area contributed by atoms with Crippen molar-refractivity contribution < 1.29 is 4.79 Å². The highest BCUT2D eigenvalue weighted by Crippen LogP contribution is 2.60. The Morgan fingerprint density at radius 1 is 1.05 bits per heavy atom. The second-order valence-electron chi connectivity index (χ2n) is 6.89. The lowest BCUT2D eigenvalue weighted by Gasteiger charge is -2.55. The van der Waals surface area contributed by atoms with Gasteiger partial charge in [0.15, 0.2) is 0 Å². The molecule has 4 fully saturated rings. The van der Waals surface area contributed by atoms with E-state index in [0.29, 0.717) is 0 Å². The average molecular weight is 256 g/mol. The van der Waals surface area contributed by atoms with Crippen LogP contribution in [0.4, 0.5) is 5.69 Å². The Balaban J connectivity index is 1.56. The van der Waals surface area contributed by atoms with E-state index in [9.17, 15) is 4.79 Å². The number of rotatable bonds is 2. The molecule has 0 aliphatic heterocycles. The number of hydrogen-bond acceptors (Lipinski definition) is 2. The summed E-state index contributed by atoms with van der Waals surface area (Å²) >= 11 is 0. The molecule has 3 nitrogen and oxygen atoms in total. The minimum atomic E-state index is -0.0575. The van der Waals surface area contributed by atoms with Crippen molar-refractivity contribution in [2.75, 3.05) is 5.32 Å². The zero-order valence-corrected chi connectivity index (χ0v) is 11.1. The fourth-order valence-corrected chi connectivity index (χ4v) is 5.09. The van der Waals surface area contributed by atoms with Gasteiger partial charge >= 0.3 is 0 Å². The predicted octanol–water partition coefficient (Wildman–Crippen LogP) is 3.24. The molecule has 5 rings (SSSR count). The number of carbonyl (C=O) groups excluding carboxylic acids is 1. The number of anilines is 1. The van der Waals surface area contributed by atoms with Crippen molar-refractivity contribution in [2.24, 2.45) is 23.2 Å². The van der Waals surface area contributed by atoms with Gasteiger partial charge in [0.25, 0.3) is 0 Å². The smallest absolute Gasteiger partial charge is 0.230 e. The average Bonchev–Trinajstić information content (AvgIpc) is 2.38. The van der Waals surface area contributed by atoms with Crippen LogP contribution in [0.1, 0.15) is 38.5 Å². The Hall–Kier alpha value is -1.38. The van der Waals surface area contributed by atoms with E-state index in [0.717, 1.165) is 42.7 Å². The van der Waals surface area contributed by atoms with Crippen LogP contribution in [0, 0.1) is 23.2 Å². The first-order valence-corrected chi connectivity index (χ1v) is 7.45. The first-order chi connectivity index (χ1) is 9.23. The molecule has 100 valence electrons. The minimum absolute atomic E-state index is 0.0575. The standard InChI is InChI=1S/C16H20N2O/c19-15(18-14-1-3-17-4-2-14)16-8-11-5-12(9-16)7-13(6-11)10-16/h1-4,11-13H,5-10H2,(H,17,18,19). The third-order valence-corrected chi connectivity index (χ3v) is 5.46. The van der Waals surface area contributed by atoms with E-state index < -0.39 is 0 Å². The number of aromatic nitrogens is 1. The molecule has 1 aromatic heterocycles. The van der Waals surface area contributed by atoms with Gasteiger partial charge in [-0.05, 0) is 68.4 Å². The Morgan fingerprint density at radius 3 is 2.11 bits per heavy atom. The molecule has 0 saturated heterocycles. The molecule has 1 amide bonds. The van der Waals surface area contributed by atoms with E-state index in [1.165, 1.54) is 19.3 Å². The summed E-state index contributed by atoms with van der Waals surface area (Å²) in [5, 5.41) is 3.12. The van der Waals surface area contributed by atoms with Gasteiger partial charge in [-0.25, -0.2) is 0 Å². The Labute approximate surface area is 113 Å². The van der Waals surface area contributed by atoms with Crippen molar-refractivity contribution in [3.63, 3.8) is 0 Å². The number of amides is 1. The van der Waals surface area contributed by atoms with Crippen LogP contribution in [0.25, 0.3) is 0 Å². The quantitative estimate of drug-likeness (QED) is 0.882. The summed E-state index contributed by atoms with van der Waals surface area (Å²) in [7, 11) is 0. The molecule has 1 heterocycles. The van der Waals surface area contributed by atoms with Gasteiger partial charge in [-0.3, -0.25) is 9.78 Å². The van der Waals surface area contributed by atoms with Gasteiger partial charge in [-0.15, -0.1) is 0 Å². The molecule has 19 heavy (non-hydrogen) atoms. The summed E-state index contributed by atoms with van der Waals surface area (Å²) in [4.78, 5) is 16.7. The first-order valence-electron chi connectivity index (χ1n) is 7.45. The largest absolute Gasteiger partial charge is 0.326 e. The molecule has 4 bridgehead atoms. The highest BCUT2D eigenvalue weighted by Gasteiger charge is 2.54. The molecule has 0 spiro atoms. The molecule has 1 N–H and O–H groups in total. The van der Waals surface area contributed by atoms with E-state index in [4.69, 9.17) is 0 Å². The maximum Gasteiger partial charge on any atom is 0.230 e. The van der Waals surface area contributed by atoms with Crippen molar-refractivity contribution in [1.82, 2.24) is 4.98 Å². The maximum atomic E-state index is 12.7.